The number of hydrogen-bond donors (Lipinski definition) is 1. The second-order valence-corrected chi connectivity index (χ2v) is 5.55. The van der Waals surface area contributed by atoms with Crippen LogP contribution in [0.3, 0.4) is 0 Å². The minimum atomic E-state index is -3.80. The molecule has 2 N–H and O–H groups in total. The van der Waals surface area contributed by atoms with Gasteiger partial charge in [0.25, 0.3) is 10.0 Å². The van der Waals surface area contributed by atoms with Crippen LogP contribution in [0.15, 0.2) is 11.1 Å². The fraction of sp³-hybridized carbons (Fsp3) is 0.667. The lowest BCUT2D eigenvalue weighted by Crippen LogP contribution is -2.31. The number of ether oxygens (including phenoxy) is 2. The molecule has 0 saturated carbocycles. The molecular weight excluding hydrogens is 246 g/mol. The van der Waals surface area contributed by atoms with Crippen LogP contribution < -0.4 is 5.14 Å². The third-order valence-corrected chi connectivity index (χ3v) is 3.77. The number of rotatable bonds is 3. The average molecular weight is 261 g/mol. The zero-order valence-electron chi connectivity index (χ0n) is 9.71. The van der Waals surface area contributed by atoms with Crippen molar-refractivity contribution in [1.82, 2.24) is 9.78 Å². The van der Waals surface area contributed by atoms with Crippen molar-refractivity contribution in [3.8, 4) is 0 Å². The van der Waals surface area contributed by atoms with E-state index in [-0.39, 0.29) is 5.03 Å². The predicted octanol–water partition coefficient (Wildman–Crippen LogP) is -0.670. The Hall–Kier alpha value is -0.960. The van der Waals surface area contributed by atoms with Crippen molar-refractivity contribution in [3.05, 3.63) is 11.8 Å². The summed E-state index contributed by atoms with van der Waals surface area (Å²) >= 11 is 0. The Morgan fingerprint density at radius 2 is 2.35 bits per heavy atom. The second kappa shape index (κ2) is 4.05. The number of sulfonamides is 1. The molecule has 8 heteroatoms. The molecule has 2 rings (SSSR count). The Labute approximate surface area is 99.6 Å². The van der Waals surface area contributed by atoms with Gasteiger partial charge in [0.2, 0.25) is 0 Å². The fourth-order valence-electron chi connectivity index (χ4n) is 2.02. The van der Waals surface area contributed by atoms with Crippen molar-refractivity contribution < 1.29 is 17.9 Å². The van der Waals surface area contributed by atoms with E-state index >= 15 is 0 Å². The van der Waals surface area contributed by atoms with Crippen LogP contribution in [0.25, 0.3) is 0 Å². The molecule has 7 nitrogen and oxygen atoms in total. The third-order valence-electron chi connectivity index (χ3n) is 2.99. The number of primary sulfonamides is 1. The third kappa shape index (κ3) is 2.08. The first-order valence-corrected chi connectivity index (χ1v) is 6.64. The molecule has 0 aromatic carbocycles. The lowest BCUT2D eigenvalue weighted by molar-refractivity contribution is -0.0272. The van der Waals surface area contributed by atoms with Gasteiger partial charge >= 0.3 is 0 Å². The zero-order chi connectivity index (χ0) is 12.7. The van der Waals surface area contributed by atoms with Gasteiger partial charge in [0.05, 0.1) is 12.3 Å². The van der Waals surface area contributed by atoms with Crippen molar-refractivity contribution in [1.29, 1.82) is 0 Å². The molecule has 1 aliphatic heterocycles. The maximum atomic E-state index is 11.2. The van der Waals surface area contributed by atoms with E-state index in [1.807, 2.05) is 0 Å². The first kappa shape index (κ1) is 12.5. The molecular formula is C9H15N3O4S. The van der Waals surface area contributed by atoms with E-state index in [1.165, 1.54) is 10.7 Å². The Kier molecular flexibility index (Phi) is 2.98. The number of aryl methyl sites for hydroxylation is 1. The van der Waals surface area contributed by atoms with E-state index in [0.717, 1.165) is 0 Å². The number of nitrogens with zero attached hydrogens (tertiary/aromatic N) is 2. The van der Waals surface area contributed by atoms with E-state index < -0.39 is 15.6 Å². The highest BCUT2D eigenvalue weighted by Crippen LogP contribution is 2.34. The van der Waals surface area contributed by atoms with Crippen LogP contribution in [0.5, 0.6) is 0 Å². The summed E-state index contributed by atoms with van der Waals surface area (Å²) in [4.78, 5) is 0. The molecule has 0 radical (unpaired) electrons. The van der Waals surface area contributed by atoms with E-state index in [1.54, 1.807) is 14.2 Å². The maximum Gasteiger partial charge on any atom is 0.257 e. The van der Waals surface area contributed by atoms with E-state index in [9.17, 15) is 8.42 Å². The molecule has 0 bridgehead atoms. The number of hydrogen-bond acceptors (Lipinski definition) is 5. The van der Waals surface area contributed by atoms with Crippen LogP contribution in [0.2, 0.25) is 0 Å². The largest absolute Gasteiger partial charge is 0.378 e. The smallest absolute Gasteiger partial charge is 0.257 e. The standard InChI is InChI=1S/C9H15N3O4S/c1-12-7(5-8(11-12)17(10,13)14)9(15-2)3-4-16-6-9/h5H,3-4,6H2,1-2H3,(H2,10,13,14). The maximum absolute atomic E-state index is 11.2. The van der Waals surface area contributed by atoms with Crippen molar-refractivity contribution in [2.45, 2.75) is 17.0 Å². The van der Waals surface area contributed by atoms with Gasteiger partial charge in [-0.15, -0.1) is 0 Å². The summed E-state index contributed by atoms with van der Waals surface area (Å²) in [7, 11) is -0.574. The molecule has 1 saturated heterocycles. The predicted molar refractivity (Wildman–Crippen MR) is 58.7 cm³/mol. The fourth-order valence-corrected chi connectivity index (χ4v) is 2.53. The molecule has 2 heterocycles. The van der Waals surface area contributed by atoms with Gasteiger partial charge in [-0.05, 0) is 0 Å². The molecule has 0 spiro atoms. The van der Waals surface area contributed by atoms with Gasteiger partial charge in [-0.2, -0.15) is 5.10 Å². The molecule has 1 aliphatic rings. The van der Waals surface area contributed by atoms with Crippen LogP contribution in [-0.2, 0) is 32.1 Å². The average Bonchev–Trinajstić information content (AvgIpc) is 2.83. The van der Waals surface area contributed by atoms with Crippen molar-refractivity contribution >= 4 is 10.0 Å². The van der Waals surface area contributed by atoms with Gasteiger partial charge < -0.3 is 9.47 Å². The molecule has 96 valence electrons. The van der Waals surface area contributed by atoms with Crippen molar-refractivity contribution in [3.63, 3.8) is 0 Å². The monoisotopic (exact) mass is 261 g/mol. The lowest BCUT2D eigenvalue weighted by Gasteiger charge is -2.25. The first-order chi connectivity index (χ1) is 7.89. The molecule has 1 fully saturated rings. The zero-order valence-corrected chi connectivity index (χ0v) is 10.5. The minimum Gasteiger partial charge on any atom is -0.378 e. The second-order valence-electron chi connectivity index (χ2n) is 4.04. The Morgan fingerprint density at radius 1 is 1.65 bits per heavy atom. The minimum absolute atomic E-state index is 0.154. The van der Waals surface area contributed by atoms with Gasteiger partial charge in [-0.1, -0.05) is 0 Å². The van der Waals surface area contributed by atoms with Gasteiger partial charge in [-0.3, -0.25) is 4.68 Å². The van der Waals surface area contributed by atoms with Crippen LogP contribution in [0.4, 0.5) is 0 Å². The topological polar surface area (TPSA) is 96.4 Å². The number of methoxy groups -OCH3 is 1. The number of nitrogens with two attached hydrogens (primary N) is 1. The summed E-state index contributed by atoms with van der Waals surface area (Å²) in [5, 5.41) is 8.78. The Bertz CT molecular complexity index is 516. The molecule has 0 aliphatic carbocycles. The molecule has 1 aromatic rings. The summed E-state index contributed by atoms with van der Waals surface area (Å²) in [6.07, 6.45) is 0.660. The normalized spacial score (nSPS) is 25.4. The quantitative estimate of drug-likeness (QED) is 0.778. The van der Waals surface area contributed by atoms with Crippen LogP contribution in [-0.4, -0.2) is 38.5 Å². The van der Waals surface area contributed by atoms with Crippen LogP contribution in [0.1, 0.15) is 12.1 Å². The SMILES string of the molecule is COC1(c2cc(S(N)(=O)=O)nn2C)CCOC1. The summed E-state index contributed by atoms with van der Waals surface area (Å²) in [5.74, 6) is 0. The van der Waals surface area contributed by atoms with Gasteiger partial charge in [0, 0.05) is 33.3 Å². The summed E-state index contributed by atoms with van der Waals surface area (Å²) < 4.78 is 34.7. The van der Waals surface area contributed by atoms with E-state index in [2.05, 4.69) is 5.10 Å². The molecule has 1 unspecified atom stereocenters. The van der Waals surface area contributed by atoms with E-state index in [0.29, 0.717) is 25.3 Å². The Balaban J connectivity index is 2.49. The lowest BCUT2D eigenvalue weighted by atomic mass is 9.99. The van der Waals surface area contributed by atoms with Gasteiger partial charge in [0.1, 0.15) is 5.60 Å². The molecule has 1 atom stereocenters. The molecule has 17 heavy (non-hydrogen) atoms. The van der Waals surface area contributed by atoms with Crippen molar-refractivity contribution in [2.24, 2.45) is 12.2 Å². The van der Waals surface area contributed by atoms with E-state index in [4.69, 9.17) is 14.6 Å². The number of aromatic nitrogens is 2. The highest BCUT2D eigenvalue weighted by Gasteiger charge is 2.40. The summed E-state index contributed by atoms with van der Waals surface area (Å²) in [5.41, 5.74) is 0.0200. The highest BCUT2D eigenvalue weighted by atomic mass is 32.2. The van der Waals surface area contributed by atoms with Crippen molar-refractivity contribution in [2.75, 3.05) is 20.3 Å². The summed E-state index contributed by atoms with van der Waals surface area (Å²) in [6, 6.07) is 1.44. The summed E-state index contributed by atoms with van der Waals surface area (Å²) in [6.45, 7) is 0.955. The molecule has 0 amide bonds. The highest BCUT2D eigenvalue weighted by molar-refractivity contribution is 7.89. The molecule has 1 aromatic heterocycles. The van der Waals surface area contributed by atoms with Gasteiger partial charge in [-0.25, -0.2) is 13.6 Å². The van der Waals surface area contributed by atoms with Crippen LogP contribution >= 0.6 is 0 Å². The Morgan fingerprint density at radius 3 is 2.76 bits per heavy atom. The van der Waals surface area contributed by atoms with Gasteiger partial charge in [0.15, 0.2) is 5.03 Å². The first-order valence-electron chi connectivity index (χ1n) is 5.09. The van der Waals surface area contributed by atoms with Crippen LogP contribution in [0, 0.1) is 0 Å².